The summed E-state index contributed by atoms with van der Waals surface area (Å²) in [6.45, 7) is 2.76. The van der Waals surface area contributed by atoms with E-state index in [9.17, 15) is 4.79 Å². The molecule has 0 bridgehead atoms. The number of ether oxygens (including phenoxy) is 1. The van der Waals surface area contributed by atoms with Crippen LogP contribution in [0.25, 0.3) is 0 Å². The fourth-order valence-corrected chi connectivity index (χ4v) is 1.25. The molecule has 1 aromatic carbocycles. The first-order valence-electron chi connectivity index (χ1n) is 5.75. The van der Waals surface area contributed by atoms with E-state index >= 15 is 0 Å². The van der Waals surface area contributed by atoms with E-state index in [4.69, 9.17) is 4.74 Å². The molecule has 1 aromatic rings. The van der Waals surface area contributed by atoms with Crippen LogP contribution in [-0.4, -0.2) is 31.4 Å². The van der Waals surface area contributed by atoms with Gasteiger partial charge in [0, 0.05) is 31.9 Å². The predicted octanol–water partition coefficient (Wildman–Crippen LogP) is 2.73. The maximum absolute atomic E-state index is 11.7. The van der Waals surface area contributed by atoms with Gasteiger partial charge < -0.3 is 9.64 Å². The lowest BCUT2D eigenvalue weighted by atomic mass is 10.1. The number of carbonyl (C=O) groups excluding carboxylic acids is 1. The van der Waals surface area contributed by atoms with Crippen molar-refractivity contribution < 1.29 is 9.53 Å². The van der Waals surface area contributed by atoms with Gasteiger partial charge in [0.2, 0.25) is 0 Å². The van der Waals surface area contributed by atoms with E-state index in [0.29, 0.717) is 12.2 Å². The summed E-state index contributed by atoms with van der Waals surface area (Å²) in [6, 6.07) is 7.22. The smallest absolute Gasteiger partial charge is 0.187 e. The summed E-state index contributed by atoms with van der Waals surface area (Å²) in [7, 11) is 3.76. The summed E-state index contributed by atoms with van der Waals surface area (Å²) >= 11 is 0. The third kappa shape index (κ3) is 4.72. The lowest BCUT2D eigenvalue weighted by molar-refractivity contribution is 0.104. The Labute approximate surface area is 103 Å². The van der Waals surface area contributed by atoms with Crippen molar-refractivity contribution in [1.82, 2.24) is 4.90 Å². The van der Waals surface area contributed by atoms with Crippen LogP contribution in [0.2, 0.25) is 0 Å². The Morgan fingerprint density at radius 3 is 2.47 bits per heavy atom. The van der Waals surface area contributed by atoms with Crippen LogP contribution in [-0.2, 0) is 0 Å². The maximum atomic E-state index is 11.7. The molecule has 0 amide bonds. The average Bonchev–Trinajstić information content (AvgIpc) is 2.34. The molecule has 3 heteroatoms. The molecule has 0 aliphatic heterocycles. The Kier molecular flexibility index (Phi) is 5.27. The molecule has 3 nitrogen and oxygen atoms in total. The lowest BCUT2D eigenvalue weighted by Gasteiger charge is -2.05. The first-order valence-corrected chi connectivity index (χ1v) is 5.75. The van der Waals surface area contributed by atoms with Gasteiger partial charge >= 0.3 is 0 Å². The van der Waals surface area contributed by atoms with E-state index < -0.39 is 0 Å². The van der Waals surface area contributed by atoms with Gasteiger partial charge in [-0.3, -0.25) is 4.79 Å². The number of allylic oxidation sites excluding steroid dienone is 1. The summed E-state index contributed by atoms with van der Waals surface area (Å²) in [5.41, 5.74) is 0.673. The van der Waals surface area contributed by atoms with Gasteiger partial charge in [-0.05, 0) is 30.7 Å². The van der Waals surface area contributed by atoms with E-state index in [2.05, 4.69) is 6.92 Å². The van der Waals surface area contributed by atoms with Gasteiger partial charge in [-0.25, -0.2) is 0 Å². The van der Waals surface area contributed by atoms with E-state index in [0.717, 1.165) is 12.2 Å². The molecular weight excluding hydrogens is 214 g/mol. The number of nitrogens with zero attached hydrogens (tertiary/aromatic N) is 1. The Morgan fingerprint density at radius 1 is 1.29 bits per heavy atom. The first-order chi connectivity index (χ1) is 8.13. The second-order valence-corrected chi connectivity index (χ2v) is 4.02. The highest BCUT2D eigenvalue weighted by Crippen LogP contribution is 2.13. The molecule has 0 fully saturated rings. The highest BCUT2D eigenvalue weighted by molar-refractivity contribution is 6.04. The molecule has 0 aromatic heterocycles. The predicted molar refractivity (Wildman–Crippen MR) is 69.4 cm³/mol. The van der Waals surface area contributed by atoms with Gasteiger partial charge in [0.15, 0.2) is 5.78 Å². The lowest BCUT2D eigenvalue weighted by Crippen LogP contribution is -2.03. The molecule has 0 heterocycles. The van der Waals surface area contributed by atoms with E-state index in [-0.39, 0.29) is 5.78 Å². The standard InChI is InChI=1S/C14H19NO2/c1-4-11-17-13-7-5-12(6-8-13)14(16)9-10-15(2)3/h5-10H,4,11H2,1-3H3. The van der Waals surface area contributed by atoms with Crippen LogP contribution in [0.5, 0.6) is 5.75 Å². The molecule has 0 atom stereocenters. The monoisotopic (exact) mass is 233 g/mol. The van der Waals surface area contributed by atoms with Crippen molar-refractivity contribution in [3.8, 4) is 5.75 Å². The Morgan fingerprint density at radius 2 is 1.94 bits per heavy atom. The van der Waals surface area contributed by atoms with Crippen LogP contribution >= 0.6 is 0 Å². The molecule has 0 saturated heterocycles. The van der Waals surface area contributed by atoms with Gasteiger partial charge in [0.25, 0.3) is 0 Å². The molecular formula is C14H19NO2. The van der Waals surface area contributed by atoms with E-state index in [1.54, 1.807) is 24.4 Å². The summed E-state index contributed by atoms with van der Waals surface area (Å²) in [5, 5.41) is 0. The van der Waals surface area contributed by atoms with Crippen LogP contribution in [0.1, 0.15) is 23.7 Å². The minimum absolute atomic E-state index is 0.000687. The molecule has 0 N–H and O–H groups in total. The highest BCUT2D eigenvalue weighted by atomic mass is 16.5. The first kappa shape index (κ1) is 13.3. The third-order valence-corrected chi connectivity index (χ3v) is 2.14. The molecule has 92 valence electrons. The van der Waals surface area contributed by atoms with Crippen molar-refractivity contribution in [2.24, 2.45) is 0 Å². The molecule has 0 aliphatic rings. The minimum Gasteiger partial charge on any atom is -0.494 e. The Balaban J connectivity index is 2.64. The molecule has 0 spiro atoms. The van der Waals surface area contributed by atoms with Crippen molar-refractivity contribution in [3.05, 3.63) is 42.1 Å². The van der Waals surface area contributed by atoms with Crippen LogP contribution in [0.15, 0.2) is 36.5 Å². The Bertz CT molecular complexity index is 380. The van der Waals surface area contributed by atoms with E-state index in [1.807, 2.05) is 31.1 Å². The quantitative estimate of drug-likeness (QED) is 0.559. The van der Waals surface area contributed by atoms with Crippen molar-refractivity contribution in [2.45, 2.75) is 13.3 Å². The van der Waals surface area contributed by atoms with Gasteiger partial charge in [0.05, 0.1) is 6.61 Å². The second-order valence-electron chi connectivity index (χ2n) is 4.02. The number of hydrogen-bond donors (Lipinski definition) is 0. The van der Waals surface area contributed by atoms with Gasteiger partial charge in [0.1, 0.15) is 5.75 Å². The van der Waals surface area contributed by atoms with Crippen molar-refractivity contribution in [1.29, 1.82) is 0 Å². The van der Waals surface area contributed by atoms with E-state index in [1.165, 1.54) is 0 Å². The zero-order valence-corrected chi connectivity index (χ0v) is 10.6. The average molecular weight is 233 g/mol. The number of carbonyl (C=O) groups is 1. The SMILES string of the molecule is CCCOc1ccc(C(=O)C=CN(C)C)cc1. The largest absolute Gasteiger partial charge is 0.494 e. The molecule has 0 unspecified atom stereocenters. The second kappa shape index (κ2) is 6.74. The summed E-state index contributed by atoms with van der Waals surface area (Å²) in [6.07, 6.45) is 4.28. The van der Waals surface area contributed by atoms with Gasteiger partial charge in [-0.1, -0.05) is 6.92 Å². The summed E-state index contributed by atoms with van der Waals surface area (Å²) in [5.74, 6) is 0.806. The summed E-state index contributed by atoms with van der Waals surface area (Å²) in [4.78, 5) is 13.6. The zero-order chi connectivity index (χ0) is 12.7. The normalized spacial score (nSPS) is 10.5. The highest BCUT2D eigenvalue weighted by Gasteiger charge is 2.01. The number of ketones is 1. The molecule has 0 saturated carbocycles. The minimum atomic E-state index is 0.000687. The number of rotatable bonds is 6. The molecule has 0 radical (unpaired) electrons. The molecule has 1 rings (SSSR count). The maximum Gasteiger partial charge on any atom is 0.187 e. The van der Waals surface area contributed by atoms with Crippen LogP contribution < -0.4 is 4.74 Å². The van der Waals surface area contributed by atoms with Crippen LogP contribution in [0.4, 0.5) is 0 Å². The fraction of sp³-hybridized carbons (Fsp3) is 0.357. The van der Waals surface area contributed by atoms with Crippen molar-refractivity contribution in [3.63, 3.8) is 0 Å². The third-order valence-electron chi connectivity index (χ3n) is 2.14. The zero-order valence-electron chi connectivity index (χ0n) is 10.6. The van der Waals surface area contributed by atoms with Crippen LogP contribution in [0.3, 0.4) is 0 Å². The van der Waals surface area contributed by atoms with Gasteiger partial charge in [-0.15, -0.1) is 0 Å². The fourth-order valence-electron chi connectivity index (χ4n) is 1.25. The Hall–Kier alpha value is -1.77. The number of hydrogen-bond acceptors (Lipinski definition) is 3. The topological polar surface area (TPSA) is 29.5 Å². The van der Waals surface area contributed by atoms with Gasteiger partial charge in [-0.2, -0.15) is 0 Å². The molecule has 0 aliphatic carbocycles. The van der Waals surface area contributed by atoms with Crippen molar-refractivity contribution >= 4 is 5.78 Å². The summed E-state index contributed by atoms with van der Waals surface area (Å²) < 4.78 is 5.45. The number of benzene rings is 1. The molecule has 17 heavy (non-hydrogen) atoms. The van der Waals surface area contributed by atoms with Crippen molar-refractivity contribution in [2.75, 3.05) is 20.7 Å². The van der Waals surface area contributed by atoms with Crippen LogP contribution in [0, 0.1) is 0 Å².